The molecule has 0 aliphatic heterocycles. The molecule has 0 bridgehead atoms. The maximum absolute atomic E-state index is 5.93. The molecule has 0 spiro atoms. The van der Waals surface area contributed by atoms with Crippen LogP contribution in [0.2, 0.25) is 0 Å². The lowest BCUT2D eigenvalue weighted by Gasteiger charge is -2.28. The van der Waals surface area contributed by atoms with Crippen molar-refractivity contribution >= 4 is 0 Å². The average Bonchev–Trinajstić information content (AvgIpc) is 2.32. The van der Waals surface area contributed by atoms with Crippen molar-refractivity contribution in [2.75, 3.05) is 7.11 Å². The standard InChI is InChI=1S/C13H19NO2/c1-10-5-4-8-14-13(10)16-12-7-3-6-11(9-12)15-2/h4-5,8,11-12H,3,6-7,9H2,1-2H3/t11-,12+/m0/s1. The Morgan fingerprint density at radius 3 is 2.88 bits per heavy atom. The van der Waals surface area contributed by atoms with Crippen molar-refractivity contribution in [3.05, 3.63) is 23.9 Å². The molecule has 0 aromatic carbocycles. The second-order valence-electron chi connectivity index (χ2n) is 4.39. The van der Waals surface area contributed by atoms with Crippen LogP contribution in [0, 0.1) is 6.92 Å². The minimum Gasteiger partial charge on any atom is -0.474 e. The van der Waals surface area contributed by atoms with Crippen molar-refractivity contribution < 1.29 is 9.47 Å². The summed E-state index contributed by atoms with van der Waals surface area (Å²) in [6.45, 7) is 2.03. The number of methoxy groups -OCH3 is 1. The van der Waals surface area contributed by atoms with Gasteiger partial charge in [-0.15, -0.1) is 0 Å². The maximum atomic E-state index is 5.93. The van der Waals surface area contributed by atoms with Gasteiger partial charge in [0.15, 0.2) is 0 Å². The van der Waals surface area contributed by atoms with E-state index in [1.807, 2.05) is 19.1 Å². The highest BCUT2D eigenvalue weighted by Gasteiger charge is 2.23. The lowest BCUT2D eigenvalue weighted by molar-refractivity contribution is 0.0193. The molecule has 1 saturated carbocycles. The Labute approximate surface area is 96.8 Å². The predicted molar refractivity (Wildman–Crippen MR) is 62.7 cm³/mol. The van der Waals surface area contributed by atoms with Gasteiger partial charge in [0.1, 0.15) is 6.10 Å². The molecule has 0 radical (unpaired) electrons. The molecule has 2 atom stereocenters. The molecule has 0 unspecified atom stereocenters. The topological polar surface area (TPSA) is 31.4 Å². The van der Waals surface area contributed by atoms with Crippen LogP contribution >= 0.6 is 0 Å². The first-order valence-corrected chi connectivity index (χ1v) is 5.90. The molecule has 0 saturated heterocycles. The lowest BCUT2D eigenvalue weighted by Crippen LogP contribution is -2.29. The van der Waals surface area contributed by atoms with Gasteiger partial charge in [0, 0.05) is 25.3 Å². The van der Waals surface area contributed by atoms with Crippen molar-refractivity contribution in [3.8, 4) is 5.88 Å². The third kappa shape index (κ3) is 2.73. The van der Waals surface area contributed by atoms with E-state index < -0.39 is 0 Å². The molecular formula is C13H19NO2. The normalized spacial score (nSPS) is 25.4. The molecule has 16 heavy (non-hydrogen) atoms. The Bertz CT molecular complexity index is 340. The lowest BCUT2D eigenvalue weighted by atomic mass is 9.95. The smallest absolute Gasteiger partial charge is 0.216 e. The van der Waals surface area contributed by atoms with Gasteiger partial charge in [0.25, 0.3) is 0 Å². The first kappa shape index (κ1) is 11.4. The number of rotatable bonds is 3. The van der Waals surface area contributed by atoms with E-state index in [1.54, 1.807) is 13.3 Å². The molecule has 3 nitrogen and oxygen atoms in total. The number of hydrogen-bond donors (Lipinski definition) is 0. The first-order chi connectivity index (χ1) is 7.79. The van der Waals surface area contributed by atoms with E-state index in [4.69, 9.17) is 9.47 Å². The Morgan fingerprint density at radius 1 is 1.31 bits per heavy atom. The highest BCUT2D eigenvalue weighted by atomic mass is 16.5. The quantitative estimate of drug-likeness (QED) is 0.786. The van der Waals surface area contributed by atoms with Crippen molar-refractivity contribution in [1.29, 1.82) is 0 Å². The second kappa shape index (κ2) is 5.30. The minimum atomic E-state index is 0.257. The van der Waals surface area contributed by atoms with Crippen LogP contribution in [0.15, 0.2) is 18.3 Å². The number of aromatic nitrogens is 1. The van der Waals surface area contributed by atoms with Gasteiger partial charge in [-0.25, -0.2) is 4.98 Å². The zero-order valence-electron chi connectivity index (χ0n) is 9.98. The van der Waals surface area contributed by atoms with Crippen LogP contribution in [0.1, 0.15) is 31.2 Å². The summed E-state index contributed by atoms with van der Waals surface area (Å²) >= 11 is 0. The second-order valence-corrected chi connectivity index (χ2v) is 4.39. The third-order valence-electron chi connectivity index (χ3n) is 3.15. The number of nitrogens with zero attached hydrogens (tertiary/aromatic N) is 1. The van der Waals surface area contributed by atoms with Gasteiger partial charge in [0.2, 0.25) is 5.88 Å². The van der Waals surface area contributed by atoms with Gasteiger partial charge in [-0.1, -0.05) is 6.07 Å². The largest absolute Gasteiger partial charge is 0.474 e. The third-order valence-corrected chi connectivity index (χ3v) is 3.15. The van der Waals surface area contributed by atoms with Gasteiger partial charge < -0.3 is 9.47 Å². The van der Waals surface area contributed by atoms with Crippen LogP contribution in [-0.2, 0) is 4.74 Å². The molecule has 1 aromatic heterocycles. The number of ether oxygens (including phenoxy) is 2. The molecule has 1 aliphatic carbocycles. The fourth-order valence-electron chi connectivity index (χ4n) is 2.18. The van der Waals surface area contributed by atoms with E-state index in [-0.39, 0.29) is 6.10 Å². The van der Waals surface area contributed by atoms with Crippen LogP contribution < -0.4 is 4.74 Å². The minimum absolute atomic E-state index is 0.257. The highest BCUT2D eigenvalue weighted by Crippen LogP contribution is 2.25. The number of aryl methyl sites for hydroxylation is 1. The number of pyridine rings is 1. The molecule has 1 aromatic rings. The van der Waals surface area contributed by atoms with Crippen LogP contribution in [0.3, 0.4) is 0 Å². The van der Waals surface area contributed by atoms with Gasteiger partial charge in [0.05, 0.1) is 6.10 Å². The molecule has 0 N–H and O–H groups in total. The van der Waals surface area contributed by atoms with E-state index in [0.29, 0.717) is 6.10 Å². The SMILES string of the molecule is CO[C@H]1CCC[C@@H](Oc2ncccc2C)C1. The van der Waals surface area contributed by atoms with E-state index >= 15 is 0 Å². The molecule has 1 aliphatic rings. The molecule has 88 valence electrons. The van der Waals surface area contributed by atoms with Gasteiger partial charge >= 0.3 is 0 Å². The Balaban J connectivity index is 1.97. The van der Waals surface area contributed by atoms with Crippen LogP contribution in [-0.4, -0.2) is 24.3 Å². The Hall–Kier alpha value is -1.09. The van der Waals surface area contributed by atoms with Crippen molar-refractivity contribution in [3.63, 3.8) is 0 Å². The Kier molecular flexibility index (Phi) is 3.78. The van der Waals surface area contributed by atoms with Gasteiger partial charge in [-0.05, 0) is 32.3 Å². The van der Waals surface area contributed by atoms with Gasteiger partial charge in [-0.3, -0.25) is 0 Å². The first-order valence-electron chi connectivity index (χ1n) is 5.90. The maximum Gasteiger partial charge on any atom is 0.216 e. The van der Waals surface area contributed by atoms with E-state index in [2.05, 4.69) is 4.98 Å². The zero-order valence-corrected chi connectivity index (χ0v) is 9.98. The molecule has 0 amide bonds. The summed E-state index contributed by atoms with van der Waals surface area (Å²) in [6, 6.07) is 3.96. The van der Waals surface area contributed by atoms with Crippen LogP contribution in [0.25, 0.3) is 0 Å². The fraction of sp³-hybridized carbons (Fsp3) is 0.615. The predicted octanol–water partition coefficient (Wildman–Crippen LogP) is 2.73. The highest BCUT2D eigenvalue weighted by molar-refractivity contribution is 5.23. The summed E-state index contributed by atoms with van der Waals surface area (Å²) in [5.41, 5.74) is 1.10. The molecule has 3 heteroatoms. The average molecular weight is 221 g/mol. The number of hydrogen-bond acceptors (Lipinski definition) is 3. The summed E-state index contributed by atoms with van der Waals surface area (Å²) in [5.74, 6) is 0.768. The van der Waals surface area contributed by atoms with Crippen molar-refractivity contribution in [2.45, 2.75) is 44.8 Å². The summed E-state index contributed by atoms with van der Waals surface area (Å²) in [7, 11) is 1.78. The van der Waals surface area contributed by atoms with Crippen molar-refractivity contribution in [1.82, 2.24) is 4.98 Å². The van der Waals surface area contributed by atoms with E-state index in [9.17, 15) is 0 Å². The van der Waals surface area contributed by atoms with E-state index in [0.717, 1.165) is 30.7 Å². The van der Waals surface area contributed by atoms with Crippen LogP contribution in [0.4, 0.5) is 0 Å². The molecular weight excluding hydrogens is 202 g/mol. The summed E-state index contributed by atoms with van der Waals surface area (Å²) in [4.78, 5) is 4.26. The fourth-order valence-corrected chi connectivity index (χ4v) is 2.18. The van der Waals surface area contributed by atoms with Crippen LogP contribution in [0.5, 0.6) is 5.88 Å². The van der Waals surface area contributed by atoms with E-state index in [1.165, 1.54) is 6.42 Å². The summed E-state index contributed by atoms with van der Waals surface area (Å²) in [6.07, 6.45) is 6.80. The van der Waals surface area contributed by atoms with Crippen molar-refractivity contribution in [2.24, 2.45) is 0 Å². The zero-order chi connectivity index (χ0) is 11.4. The van der Waals surface area contributed by atoms with Gasteiger partial charge in [-0.2, -0.15) is 0 Å². The summed E-state index contributed by atoms with van der Waals surface area (Å²) < 4.78 is 11.3. The molecule has 2 rings (SSSR count). The molecule has 1 fully saturated rings. The summed E-state index contributed by atoms with van der Waals surface area (Å²) in [5, 5.41) is 0. The Morgan fingerprint density at radius 2 is 2.12 bits per heavy atom. The molecule has 1 heterocycles. The monoisotopic (exact) mass is 221 g/mol.